The molecule has 0 aliphatic carbocycles. The van der Waals surface area contributed by atoms with Crippen LogP contribution in [0.4, 0.5) is 9.93 Å². The summed E-state index contributed by atoms with van der Waals surface area (Å²) < 4.78 is 1.10. The minimum atomic E-state index is -0.225. The van der Waals surface area contributed by atoms with Gasteiger partial charge >= 0.3 is 6.03 Å². The zero-order chi connectivity index (χ0) is 14.8. The molecule has 3 aromatic rings. The van der Waals surface area contributed by atoms with Gasteiger partial charge in [-0.3, -0.25) is 5.32 Å². The summed E-state index contributed by atoms with van der Waals surface area (Å²) in [6.45, 7) is 4.63. The summed E-state index contributed by atoms with van der Waals surface area (Å²) in [5.41, 5.74) is 3.30. The van der Waals surface area contributed by atoms with Crippen molar-refractivity contribution in [2.45, 2.75) is 20.4 Å². The fourth-order valence-corrected chi connectivity index (χ4v) is 3.83. The van der Waals surface area contributed by atoms with Crippen molar-refractivity contribution in [3.05, 3.63) is 45.6 Å². The highest BCUT2D eigenvalue weighted by Crippen LogP contribution is 2.29. The number of carbonyl (C=O) groups excluding carboxylic acids is 1. The summed E-state index contributed by atoms with van der Waals surface area (Å²) in [6, 6.07) is 7.93. The molecule has 0 atom stereocenters. The maximum atomic E-state index is 11.9. The zero-order valence-corrected chi connectivity index (χ0v) is 13.4. The first-order chi connectivity index (χ1) is 10.1. The van der Waals surface area contributed by atoms with Crippen LogP contribution >= 0.6 is 22.7 Å². The van der Waals surface area contributed by atoms with E-state index in [2.05, 4.69) is 34.7 Å². The van der Waals surface area contributed by atoms with Crippen LogP contribution in [0.1, 0.15) is 16.0 Å². The lowest BCUT2D eigenvalue weighted by Crippen LogP contribution is -2.27. The van der Waals surface area contributed by atoms with Crippen LogP contribution < -0.4 is 10.6 Å². The number of anilines is 1. The second kappa shape index (κ2) is 5.83. The van der Waals surface area contributed by atoms with Crippen molar-refractivity contribution in [3.63, 3.8) is 0 Å². The van der Waals surface area contributed by atoms with Crippen molar-refractivity contribution in [1.29, 1.82) is 0 Å². The molecule has 0 spiro atoms. The highest BCUT2D eigenvalue weighted by atomic mass is 32.1. The second-order valence-electron chi connectivity index (χ2n) is 4.83. The number of nitrogens with one attached hydrogen (secondary N) is 2. The normalized spacial score (nSPS) is 10.8. The highest BCUT2D eigenvalue weighted by molar-refractivity contribution is 7.22. The van der Waals surface area contributed by atoms with Crippen LogP contribution in [0, 0.1) is 13.8 Å². The number of fused-ring (bicyclic) bond motifs is 1. The molecule has 3 rings (SSSR count). The summed E-state index contributed by atoms with van der Waals surface area (Å²) in [4.78, 5) is 17.5. The molecule has 0 saturated heterocycles. The number of thiophene rings is 1. The van der Waals surface area contributed by atoms with E-state index in [1.165, 1.54) is 16.9 Å². The Labute approximate surface area is 130 Å². The van der Waals surface area contributed by atoms with E-state index in [0.717, 1.165) is 20.7 Å². The van der Waals surface area contributed by atoms with Gasteiger partial charge in [-0.25, -0.2) is 9.78 Å². The molecule has 2 amide bonds. The predicted molar refractivity (Wildman–Crippen MR) is 89.3 cm³/mol. The molecule has 0 saturated carbocycles. The van der Waals surface area contributed by atoms with Gasteiger partial charge in [0, 0.05) is 4.88 Å². The van der Waals surface area contributed by atoms with Crippen LogP contribution in [0.5, 0.6) is 0 Å². The van der Waals surface area contributed by atoms with Gasteiger partial charge < -0.3 is 5.32 Å². The van der Waals surface area contributed by atoms with Gasteiger partial charge in [0.15, 0.2) is 5.13 Å². The number of urea groups is 1. The van der Waals surface area contributed by atoms with Crippen LogP contribution in [-0.4, -0.2) is 11.0 Å². The third-order valence-corrected chi connectivity index (χ3v) is 4.85. The molecule has 0 aliphatic heterocycles. The Morgan fingerprint density at radius 3 is 2.95 bits per heavy atom. The molecule has 2 N–H and O–H groups in total. The molecular weight excluding hydrogens is 302 g/mol. The Bertz CT molecular complexity index is 778. The van der Waals surface area contributed by atoms with Crippen molar-refractivity contribution < 1.29 is 4.79 Å². The number of rotatable bonds is 3. The lowest BCUT2D eigenvalue weighted by molar-refractivity contribution is 0.252. The van der Waals surface area contributed by atoms with E-state index in [9.17, 15) is 4.79 Å². The number of benzene rings is 1. The van der Waals surface area contributed by atoms with Gasteiger partial charge in [-0.15, -0.1) is 11.3 Å². The molecule has 1 aromatic carbocycles. The number of aromatic nitrogens is 1. The lowest BCUT2D eigenvalue weighted by atomic mass is 10.1. The Hall–Kier alpha value is -1.92. The van der Waals surface area contributed by atoms with E-state index in [-0.39, 0.29) is 6.03 Å². The average molecular weight is 317 g/mol. The van der Waals surface area contributed by atoms with E-state index < -0.39 is 0 Å². The van der Waals surface area contributed by atoms with Gasteiger partial charge in [-0.1, -0.05) is 23.5 Å². The zero-order valence-electron chi connectivity index (χ0n) is 11.8. The molecule has 0 bridgehead atoms. The lowest BCUT2D eigenvalue weighted by Gasteiger charge is -2.03. The Morgan fingerprint density at radius 2 is 2.19 bits per heavy atom. The highest BCUT2D eigenvalue weighted by Gasteiger charge is 2.09. The minimum Gasteiger partial charge on any atom is -0.333 e. The first-order valence-electron chi connectivity index (χ1n) is 6.57. The number of hydrogen-bond acceptors (Lipinski definition) is 4. The van der Waals surface area contributed by atoms with Crippen molar-refractivity contribution in [1.82, 2.24) is 10.3 Å². The summed E-state index contributed by atoms with van der Waals surface area (Å²) in [5, 5.41) is 8.25. The number of thiazole rings is 1. The monoisotopic (exact) mass is 317 g/mol. The second-order valence-corrected chi connectivity index (χ2v) is 6.90. The first kappa shape index (κ1) is 14.0. The SMILES string of the molecule is Cc1cc(C)c2nc(NC(=O)NCc3cccs3)sc2c1. The smallest absolute Gasteiger partial charge is 0.321 e. The number of hydrogen-bond donors (Lipinski definition) is 2. The molecule has 2 aromatic heterocycles. The molecule has 0 unspecified atom stereocenters. The van der Waals surface area contributed by atoms with Crippen LogP contribution in [0.3, 0.4) is 0 Å². The van der Waals surface area contributed by atoms with Crippen LogP contribution in [0.25, 0.3) is 10.2 Å². The number of amides is 2. The third-order valence-electron chi connectivity index (χ3n) is 3.05. The summed E-state index contributed by atoms with van der Waals surface area (Å²) in [6.07, 6.45) is 0. The van der Waals surface area contributed by atoms with Gasteiger partial charge in [-0.05, 0) is 42.5 Å². The quantitative estimate of drug-likeness (QED) is 0.757. The molecule has 2 heterocycles. The van der Waals surface area contributed by atoms with Gasteiger partial charge in [0.2, 0.25) is 0 Å². The number of carbonyl (C=O) groups is 1. The van der Waals surface area contributed by atoms with Crippen LogP contribution in [-0.2, 0) is 6.54 Å². The Balaban J connectivity index is 1.69. The Kier molecular flexibility index (Phi) is 3.90. The number of aryl methyl sites for hydroxylation is 2. The summed E-state index contributed by atoms with van der Waals surface area (Å²) in [7, 11) is 0. The molecule has 0 radical (unpaired) electrons. The van der Waals surface area contributed by atoms with Crippen LogP contribution in [0.2, 0.25) is 0 Å². The predicted octanol–water partition coefficient (Wildman–Crippen LogP) is 4.30. The first-order valence-corrected chi connectivity index (χ1v) is 8.26. The topological polar surface area (TPSA) is 54.0 Å². The molecule has 4 nitrogen and oxygen atoms in total. The van der Waals surface area contributed by atoms with Crippen molar-refractivity contribution in [2.24, 2.45) is 0 Å². The van der Waals surface area contributed by atoms with Gasteiger partial charge in [-0.2, -0.15) is 0 Å². The maximum absolute atomic E-state index is 11.9. The van der Waals surface area contributed by atoms with Gasteiger partial charge in [0.25, 0.3) is 0 Å². The number of nitrogens with zero attached hydrogens (tertiary/aromatic N) is 1. The largest absolute Gasteiger partial charge is 0.333 e. The Morgan fingerprint density at radius 1 is 1.33 bits per heavy atom. The average Bonchev–Trinajstić information content (AvgIpc) is 3.05. The van der Waals surface area contributed by atoms with Gasteiger partial charge in [0.05, 0.1) is 16.8 Å². The van der Waals surface area contributed by atoms with Crippen molar-refractivity contribution in [2.75, 3.05) is 5.32 Å². The van der Waals surface area contributed by atoms with E-state index in [0.29, 0.717) is 11.7 Å². The van der Waals surface area contributed by atoms with E-state index in [1.807, 2.05) is 24.4 Å². The van der Waals surface area contributed by atoms with Gasteiger partial charge in [0.1, 0.15) is 0 Å². The third kappa shape index (κ3) is 3.22. The standard InChI is InChI=1S/C15H15N3OS2/c1-9-6-10(2)13-12(7-9)21-15(17-13)18-14(19)16-8-11-4-3-5-20-11/h3-7H,8H2,1-2H3,(H2,16,17,18,19). The van der Waals surface area contributed by atoms with Crippen molar-refractivity contribution >= 4 is 44.1 Å². The summed E-state index contributed by atoms with van der Waals surface area (Å²) >= 11 is 3.12. The fourth-order valence-electron chi connectivity index (χ4n) is 2.15. The van der Waals surface area contributed by atoms with E-state index >= 15 is 0 Å². The maximum Gasteiger partial charge on any atom is 0.321 e. The molecule has 6 heteroatoms. The summed E-state index contributed by atoms with van der Waals surface area (Å²) in [5.74, 6) is 0. The fraction of sp³-hybridized carbons (Fsp3) is 0.200. The van der Waals surface area contributed by atoms with E-state index in [4.69, 9.17) is 0 Å². The molecule has 0 aliphatic rings. The van der Waals surface area contributed by atoms with Crippen LogP contribution in [0.15, 0.2) is 29.6 Å². The molecule has 0 fully saturated rings. The molecular formula is C15H15N3OS2. The minimum absolute atomic E-state index is 0.225. The molecule has 108 valence electrons. The van der Waals surface area contributed by atoms with E-state index in [1.54, 1.807) is 11.3 Å². The van der Waals surface area contributed by atoms with Crippen molar-refractivity contribution in [3.8, 4) is 0 Å². The molecule has 21 heavy (non-hydrogen) atoms.